The van der Waals surface area contributed by atoms with E-state index in [0.717, 1.165) is 17.1 Å². The number of anilines is 1. The maximum Gasteiger partial charge on any atom is 0.0485 e. The molecule has 2 nitrogen and oxygen atoms in total. The molecule has 1 aromatic carbocycles. The van der Waals surface area contributed by atoms with E-state index >= 15 is 0 Å². The van der Waals surface area contributed by atoms with Crippen molar-refractivity contribution in [3.05, 3.63) is 28.2 Å². The molecule has 0 saturated carbocycles. The van der Waals surface area contributed by atoms with E-state index in [1.54, 1.807) is 0 Å². The smallest absolute Gasteiger partial charge is 0.0485 e. The third-order valence-electron chi connectivity index (χ3n) is 4.13. The Hall–Kier alpha value is -0.250. The molecular formula is C14H18BrClN2. The standard InChI is InChI=1S/C14H18BrClN2/c15-14-8-12(4-3-11(14)9-16)18-7-6-17-5-1-2-13(17)10-18/h3-4,8,13H,1-2,5-7,9-10H2. The van der Waals surface area contributed by atoms with Gasteiger partial charge in [-0.1, -0.05) is 22.0 Å². The van der Waals surface area contributed by atoms with Crippen LogP contribution in [0.3, 0.4) is 0 Å². The highest BCUT2D eigenvalue weighted by Crippen LogP contribution is 2.29. The first-order valence-corrected chi connectivity index (χ1v) is 7.94. The summed E-state index contributed by atoms with van der Waals surface area (Å²) in [6.45, 7) is 4.82. The molecule has 3 rings (SSSR count). The second-order valence-electron chi connectivity index (χ2n) is 5.19. The Balaban J connectivity index is 1.76. The second-order valence-corrected chi connectivity index (χ2v) is 6.31. The molecule has 2 aliphatic rings. The van der Waals surface area contributed by atoms with Gasteiger partial charge >= 0.3 is 0 Å². The second kappa shape index (κ2) is 5.40. The van der Waals surface area contributed by atoms with Crippen LogP contribution in [0.1, 0.15) is 18.4 Å². The molecule has 4 heteroatoms. The number of hydrogen-bond donors (Lipinski definition) is 0. The highest BCUT2D eigenvalue weighted by Gasteiger charge is 2.30. The monoisotopic (exact) mass is 328 g/mol. The Morgan fingerprint density at radius 2 is 2.17 bits per heavy atom. The van der Waals surface area contributed by atoms with Crippen molar-refractivity contribution in [2.45, 2.75) is 24.8 Å². The van der Waals surface area contributed by atoms with Crippen LogP contribution in [0.5, 0.6) is 0 Å². The van der Waals surface area contributed by atoms with Crippen molar-refractivity contribution in [1.82, 2.24) is 4.90 Å². The molecule has 0 aliphatic carbocycles. The largest absolute Gasteiger partial charge is 0.369 e. The fourth-order valence-electron chi connectivity index (χ4n) is 3.07. The van der Waals surface area contributed by atoms with E-state index in [0.29, 0.717) is 5.88 Å². The maximum absolute atomic E-state index is 5.89. The number of benzene rings is 1. The van der Waals surface area contributed by atoms with Crippen molar-refractivity contribution < 1.29 is 0 Å². The minimum Gasteiger partial charge on any atom is -0.369 e. The first-order chi connectivity index (χ1) is 8.78. The molecule has 1 aromatic rings. The molecule has 1 unspecified atom stereocenters. The molecule has 2 aliphatic heterocycles. The van der Waals surface area contributed by atoms with E-state index in [4.69, 9.17) is 11.6 Å². The van der Waals surface area contributed by atoms with Gasteiger partial charge < -0.3 is 4.90 Å². The van der Waals surface area contributed by atoms with Gasteiger partial charge in [0.05, 0.1) is 0 Å². The fraction of sp³-hybridized carbons (Fsp3) is 0.571. The molecule has 18 heavy (non-hydrogen) atoms. The van der Waals surface area contributed by atoms with Gasteiger partial charge in [0.25, 0.3) is 0 Å². The molecule has 2 saturated heterocycles. The predicted molar refractivity (Wildman–Crippen MR) is 80.5 cm³/mol. The summed E-state index contributed by atoms with van der Waals surface area (Å²) in [6, 6.07) is 7.31. The minimum atomic E-state index is 0.567. The average Bonchev–Trinajstić information content (AvgIpc) is 2.85. The van der Waals surface area contributed by atoms with Crippen molar-refractivity contribution in [3.63, 3.8) is 0 Å². The minimum absolute atomic E-state index is 0.567. The van der Waals surface area contributed by atoms with Crippen molar-refractivity contribution in [3.8, 4) is 0 Å². The number of alkyl halides is 1. The number of hydrogen-bond acceptors (Lipinski definition) is 2. The summed E-state index contributed by atoms with van der Waals surface area (Å²) in [5.41, 5.74) is 2.49. The van der Waals surface area contributed by atoms with Crippen LogP contribution < -0.4 is 4.90 Å². The molecule has 0 aromatic heterocycles. The molecule has 2 fully saturated rings. The van der Waals surface area contributed by atoms with Crippen molar-refractivity contribution in [1.29, 1.82) is 0 Å². The average molecular weight is 330 g/mol. The molecule has 0 bridgehead atoms. The van der Waals surface area contributed by atoms with E-state index < -0.39 is 0 Å². The molecular weight excluding hydrogens is 312 g/mol. The Kier molecular flexibility index (Phi) is 3.83. The van der Waals surface area contributed by atoms with Crippen LogP contribution in [-0.4, -0.2) is 37.1 Å². The molecule has 0 N–H and O–H groups in total. The summed E-state index contributed by atoms with van der Waals surface area (Å²) in [4.78, 5) is 5.15. The predicted octanol–water partition coefficient (Wildman–Crippen LogP) is 3.47. The maximum atomic E-state index is 5.89. The lowest BCUT2D eigenvalue weighted by Gasteiger charge is -2.39. The number of piperazine rings is 1. The van der Waals surface area contributed by atoms with E-state index in [1.807, 2.05) is 0 Å². The summed E-state index contributed by atoms with van der Waals surface area (Å²) in [5.74, 6) is 0.567. The zero-order chi connectivity index (χ0) is 12.5. The third kappa shape index (κ3) is 2.40. The molecule has 0 radical (unpaired) electrons. The van der Waals surface area contributed by atoms with Gasteiger partial charge in [0.15, 0.2) is 0 Å². The van der Waals surface area contributed by atoms with E-state index in [2.05, 4.69) is 43.9 Å². The number of rotatable bonds is 2. The summed E-state index contributed by atoms with van der Waals surface area (Å²) < 4.78 is 1.13. The van der Waals surface area contributed by atoms with Gasteiger partial charge in [-0.25, -0.2) is 0 Å². The molecule has 0 amide bonds. The topological polar surface area (TPSA) is 6.48 Å². The summed E-state index contributed by atoms with van der Waals surface area (Å²) in [6.07, 6.45) is 2.73. The zero-order valence-electron chi connectivity index (χ0n) is 10.4. The summed E-state index contributed by atoms with van der Waals surface area (Å²) in [5, 5.41) is 0. The van der Waals surface area contributed by atoms with Crippen LogP contribution in [0.2, 0.25) is 0 Å². The number of fused-ring (bicyclic) bond motifs is 1. The Morgan fingerprint density at radius 3 is 2.94 bits per heavy atom. The SMILES string of the molecule is ClCc1ccc(N2CCN3CCCC3C2)cc1Br. The Bertz CT molecular complexity index is 438. The van der Waals surface area contributed by atoms with Gasteiger partial charge in [0.2, 0.25) is 0 Å². The number of halogens is 2. The highest BCUT2D eigenvalue weighted by atomic mass is 79.9. The van der Waals surface area contributed by atoms with Gasteiger partial charge in [0.1, 0.15) is 0 Å². The summed E-state index contributed by atoms with van der Waals surface area (Å²) >= 11 is 9.50. The lowest BCUT2D eigenvalue weighted by Crippen LogP contribution is -2.50. The highest BCUT2D eigenvalue weighted by molar-refractivity contribution is 9.10. The quantitative estimate of drug-likeness (QED) is 0.767. The van der Waals surface area contributed by atoms with Gasteiger partial charge in [-0.2, -0.15) is 0 Å². The van der Waals surface area contributed by atoms with E-state index in [-0.39, 0.29) is 0 Å². The zero-order valence-corrected chi connectivity index (χ0v) is 12.8. The fourth-order valence-corrected chi connectivity index (χ4v) is 3.97. The first kappa shape index (κ1) is 12.8. The van der Waals surface area contributed by atoms with Crippen molar-refractivity contribution in [2.24, 2.45) is 0 Å². The van der Waals surface area contributed by atoms with Crippen LogP contribution in [0.4, 0.5) is 5.69 Å². The van der Waals surface area contributed by atoms with Crippen LogP contribution in [0.25, 0.3) is 0 Å². The Morgan fingerprint density at radius 1 is 1.28 bits per heavy atom. The Labute approximate surface area is 122 Å². The molecule has 98 valence electrons. The lowest BCUT2D eigenvalue weighted by atomic mass is 10.1. The van der Waals surface area contributed by atoms with Gasteiger partial charge in [-0.15, -0.1) is 11.6 Å². The van der Waals surface area contributed by atoms with Crippen LogP contribution in [-0.2, 0) is 5.88 Å². The normalized spacial score (nSPS) is 24.3. The number of nitrogens with zero attached hydrogens (tertiary/aromatic N) is 2. The first-order valence-electron chi connectivity index (χ1n) is 6.61. The van der Waals surface area contributed by atoms with Crippen molar-refractivity contribution in [2.75, 3.05) is 31.1 Å². The van der Waals surface area contributed by atoms with Gasteiger partial charge in [0, 0.05) is 41.7 Å². The summed E-state index contributed by atoms with van der Waals surface area (Å²) in [7, 11) is 0. The van der Waals surface area contributed by atoms with E-state index in [1.165, 1.54) is 43.7 Å². The van der Waals surface area contributed by atoms with E-state index in [9.17, 15) is 0 Å². The van der Waals surface area contributed by atoms with Gasteiger partial charge in [-0.05, 0) is 37.1 Å². The van der Waals surface area contributed by atoms with Crippen molar-refractivity contribution >= 4 is 33.2 Å². The lowest BCUT2D eigenvalue weighted by molar-refractivity contribution is 0.231. The van der Waals surface area contributed by atoms with Crippen LogP contribution >= 0.6 is 27.5 Å². The van der Waals surface area contributed by atoms with Crippen LogP contribution in [0.15, 0.2) is 22.7 Å². The molecule has 2 heterocycles. The molecule has 0 spiro atoms. The van der Waals surface area contributed by atoms with Crippen LogP contribution in [0, 0.1) is 0 Å². The third-order valence-corrected chi connectivity index (χ3v) is 5.16. The molecule has 1 atom stereocenters. The van der Waals surface area contributed by atoms with Gasteiger partial charge in [-0.3, -0.25) is 4.90 Å².